The van der Waals surface area contributed by atoms with E-state index in [9.17, 15) is 43.5 Å². The maximum atomic E-state index is 14.3. The summed E-state index contributed by atoms with van der Waals surface area (Å²) in [5, 5.41) is 14.5. The SMILES string of the molecule is COc1cc2cc(c1Cl)N(C)C(=O)C[C@H](OC(=O)[C@H](C)OCCCSC1CC(=O)N(C[C@H]3CC[C@H](C(=O)ON4C(=O)CCC4=O)CC3)C1=O)[C@]1(C)O[C@H]1[C@H](C)C1C[C@@](O)(NC(=O)O1)[C@H](OC)/C=C/C=C(\C)C2. The molecule has 22 heteroatoms. The minimum absolute atomic E-state index is 0.00445. The number of aliphatic hydroxyl groups is 1. The Labute approximate surface area is 427 Å². The van der Waals surface area contributed by atoms with Crippen LogP contribution in [0.3, 0.4) is 0 Å². The van der Waals surface area contributed by atoms with Gasteiger partial charge in [-0.15, -0.1) is 16.8 Å². The molecule has 0 radical (unpaired) electrons. The van der Waals surface area contributed by atoms with E-state index in [1.807, 2.05) is 13.0 Å². The van der Waals surface area contributed by atoms with Gasteiger partial charge in [0.15, 0.2) is 11.8 Å². The average molecular weight is 1050 g/mol. The molecule has 0 aromatic heterocycles. The van der Waals surface area contributed by atoms with Crippen molar-refractivity contribution in [3.63, 3.8) is 0 Å². The number of amides is 6. The number of imide groups is 2. The molecule has 9 atom stereocenters. The van der Waals surface area contributed by atoms with Crippen LogP contribution in [0.25, 0.3) is 0 Å². The molecule has 1 aliphatic carbocycles. The molecule has 394 valence electrons. The minimum Gasteiger partial charge on any atom is -0.495 e. The number of nitrogens with one attached hydrogen (secondary N) is 1. The highest BCUT2D eigenvalue weighted by atomic mass is 35.5. The number of anilines is 1. The topological polar surface area (TPSA) is 246 Å². The number of hydrogen-bond donors (Lipinski definition) is 2. The minimum atomic E-state index is -1.86. The second-order valence-corrected chi connectivity index (χ2v) is 21.4. The summed E-state index contributed by atoms with van der Waals surface area (Å²) in [5.41, 5.74) is -1.06. The van der Waals surface area contributed by atoms with Crippen molar-refractivity contribution < 1.29 is 76.7 Å². The monoisotopic (exact) mass is 1040 g/mol. The molecular weight excluding hydrogens is 980 g/mol. The molecule has 6 aliphatic rings. The molecule has 2 N–H and O–H groups in total. The van der Waals surface area contributed by atoms with Crippen molar-refractivity contribution in [2.75, 3.05) is 45.1 Å². The van der Waals surface area contributed by atoms with Crippen LogP contribution >= 0.6 is 23.4 Å². The quantitative estimate of drug-likeness (QED) is 0.111. The van der Waals surface area contributed by atoms with Crippen molar-refractivity contribution in [3.05, 3.63) is 46.5 Å². The maximum Gasteiger partial charge on any atom is 0.409 e. The fourth-order valence-electron chi connectivity index (χ4n) is 10.1. The molecule has 4 saturated heterocycles. The van der Waals surface area contributed by atoms with E-state index in [0.29, 0.717) is 60.8 Å². The number of esters is 1. The highest BCUT2D eigenvalue weighted by Crippen LogP contribution is 2.49. The molecule has 1 saturated carbocycles. The smallest absolute Gasteiger partial charge is 0.409 e. The predicted octanol–water partition coefficient (Wildman–Crippen LogP) is 4.74. The Morgan fingerprint density at radius 3 is 2.40 bits per heavy atom. The van der Waals surface area contributed by atoms with Crippen LogP contribution in [-0.2, 0) is 68.5 Å². The van der Waals surface area contributed by atoms with Gasteiger partial charge in [0.2, 0.25) is 17.7 Å². The molecule has 0 spiro atoms. The lowest BCUT2D eigenvalue weighted by atomic mass is 9.82. The first kappa shape index (κ1) is 54.7. The molecule has 4 bridgehead atoms. The zero-order chi connectivity index (χ0) is 52.2. The zero-order valence-corrected chi connectivity index (χ0v) is 43.3. The van der Waals surface area contributed by atoms with Gasteiger partial charge in [0.1, 0.15) is 34.7 Å². The molecular formula is C50H65ClN4O16S. The van der Waals surface area contributed by atoms with Crippen LogP contribution in [0.15, 0.2) is 35.9 Å². The van der Waals surface area contributed by atoms with Gasteiger partial charge in [-0.25, -0.2) is 14.4 Å². The summed E-state index contributed by atoms with van der Waals surface area (Å²) in [6.45, 7) is 7.28. The van der Waals surface area contributed by atoms with Gasteiger partial charge in [-0.05, 0) is 88.7 Å². The van der Waals surface area contributed by atoms with E-state index in [0.717, 1.165) is 11.1 Å². The lowest BCUT2D eigenvalue weighted by molar-refractivity contribution is -0.201. The Morgan fingerprint density at radius 1 is 1.01 bits per heavy atom. The van der Waals surface area contributed by atoms with Gasteiger partial charge in [0.25, 0.3) is 11.8 Å². The Balaban J connectivity index is 0.952. The lowest BCUT2D eigenvalue weighted by Gasteiger charge is -2.42. The summed E-state index contributed by atoms with van der Waals surface area (Å²) in [6, 6.07) is 3.56. The number of halogens is 1. The maximum absolute atomic E-state index is 14.3. The van der Waals surface area contributed by atoms with Crippen LogP contribution in [0.4, 0.5) is 10.5 Å². The lowest BCUT2D eigenvalue weighted by Crippen LogP contribution is -2.63. The summed E-state index contributed by atoms with van der Waals surface area (Å²) in [5.74, 6) is -3.73. The van der Waals surface area contributed by atoms with Gasteiger partial charge in [-0.3, -0.25) is 34.2 Å². The van der Waals surface area contributed by atoms with E-state index in [2.05, 4.69) is 5.32 Å². The van der Waals surface area contributed by atoms with Gasteiger partial charge < -0.3 is 43.3 Å². The van der Waals surface area contributed by atoms with Crippen LogP contribution in [0.2, 0.25) is 5.02 Å². The standard InChI is InChI=1S/C50H65ClN4O16S/c1-27-10-8-11-37(66-7)50(64)25-35(68-48(63)52-50)28(2)44-49(4,70-44)38(24-41(58)53(5)33-21-31(20-27)22-34(65-6)43(33)51)69-46(61)29(3)67-18-9-19-72-36-23-42(59)54(45(36)60)26-30-12-14-32(15-13-30)47(62)71-55-39(56)16-17-40(55)57/h8,10-11,21-22,28-30,32,35-38,44,64H,9,12-20,23-26H2,1-7H3,(H,52,63)/b11-8+,27-10+/t28-,29+,30-,32-,35?,36?,37-,38+,44+,49+,50+/m1/s1. The molecule has 7 rings (SSSR count). The number of methoxy groups -OCH3 is 2. The highest BCUT2D eigenvalue weighted by Gasteiger charge is 2.64. The molecule has 72 heavy (non-hydrogen) atoms. The van der Waals surface area contributed by atoms with Crippen LogP contribution in [0.1, 0.15) is 97.5 Å². The third-order valence-electron chi connectivity index (χ3n) is 14.5. The average Bonchev–Trinajstić information content (AvgIpc) is 3.85. The van der Waals surface area contributed by atoms with Gasteiger partial charge in [0.05, 0.1) is 36.5 Å². The Hall–Kier alpha value is -5.06. The number of alkyl carbamates (subject to hydrolysis) is 1. The summed E-state index contributed by atoms with van der Waals surface area (Å²) in [6.07, 6.45) is 2.10. The number of nitrogens with zero attached hydrogens (tertiary/aromatic N) is 3. The fraction of sp³-hybridized carbons (Fsp3) is 0.640. The van der Waals surface area contributed by atoms with Crippen molar-refractivity contribution in [2.45, 2.75) is 145 Å². The molecule has 6 amide bonds. The molecule has 20 nitrogen and oxygen atoms in total. The number of allylic oxidation sites excluding steroid dienone is 3. The first-order chi connectivity index (χ1) is 34.2. The Morgan fingerprint density at radius 2 is 1.72 bits per heavy atom. The summed E-state index contributed by atoms with van der Waals surface area (Å²) in [4.78, 5) is 112. The number of hydroxylamine groups is 2. The Kier molecular flexibility index (Phi) is 17.5. The molecule has 5 fully saturated rings. The number of fused-ring (bicyclic) bond motifs is 5. The number of carbonyl (C=O) groups is 8. The van der Waals surface area contributed by atoms with E-state index in [1.165, 1.54) is 42.7 Å². The van der Waals surface area contributed by atoms with Gasteiger partial charge in [-0.2, -0.15) is 0 Å². The molecule has 1 aromatic rings. The van der Waals surface area contributed by atoms with E-state index in [1.54, 1.807) is 45.2 Å². The number of epoxide rings is 1. The summed E-state index contributed by atoms with van der Waals surface area (Å²) < 4.78 is 35.3. The molecule has 5 heterocycles. The zero-order valence-electron chi connectivity index (χ0n) is 41.7. The number of likely N-dealkylation sites (tertiary alicyclic amines) is 1. The van der Waals surface area contributed by atoms with Crippen molar-refractivity contribution in [2.24, 2.45) is 17.8 Å². The number of carbonyl (C=O) groups excluding carboxylic acids is 8. The van der Waals surface area contributed by atoms with E-state index in [4.69, 9.17) is 44.9 Å². The molecule has 5 aliphatic heterocycles. The number of benzene rings is 1. The van der Waals surface area contributed by atoms with Crippen LogP contribution in [0, 0.1) is 17.8 Å². The van der Waals surface area contributed by atoms with Crippen LogP contribution in [-0.4, -0.2) is 150 Å². The van der Waals surface area contributed by atoms with Crippen molar-refractivity contribution in [1.29, 1.82) is 0 Å². The summed E-state index contributed by atoms with van der Waals surface area (Å²) >= 11 is 8.14. The number of hydrogen-bond acceptors (Lipinski definition) is 17. The van der Waals surface area contributed by atoms with Crippen molar-refractivity contribution in [3.8, 4) is 5.75 Å². The van der Waals surface area contributed by atoms with E-state index in [-0.39, 0.29) is 68.0 Å². The normalized spacial score (nSPS) is 32.8. The fourth-order valence-corrected chi connectivity index (χ4v) is 11.5. The van der Waals surface area contributed by atoms with E-state index >= 15 is 0 Å². The summed E-state index contributed by atoms with van der Waals surface area (Å²) in [7, 11) is 4.46. The first-order valence-corrected chi connectivity index (χ1v) is 25.8. The third kappa shape index (κ3) is 12.3. The highest BCUT2D eigenvalue weighted by molar-refractivity contribution is 8.00. The largest absolute Gasteiger partial charge is 0.495 e. The van der Waals surface area contributed by atoms with Crippen LogP contribution in [0.5, 0.6) is 5.75 Å². The second kappa shape index (κ2) is 23.0. The van der Waals surface area contributed by atoms with Gasteiger partial charge >= 0.3 is 18.0 Å². The van der Waals surface area contributed by atoms with E-state index < -0.39 is 94.7 Å². The first-order valence-electron chi connectivity index (χ1n) is 24.4. The second-order valence-electron chi connectivity index (χ2n) is 19.7. The van der Waals surface area contributed by atoms with Crippen LogP contribution < -0.4 is 15.0 Å². The van der Waals surface area contributed by atoms with Gasteiger partial charge in [0, 0.05) is 58.9 Å². The van der Waals surface area contributed by atoms with Crippen molar-refractivity contribution in [1.82, 2.24) is 15.3 Å². The molecule has 1 aromatic carbocycles. The third-order valence-corrected chi connectivity index (χ3v) is 16.2. The van der Waals surface area contributed by atoms with Crippen molar-refractivity contribution >= 4 is 76.6 Å². The predicted molar refractivity (Wildman–Crippen MR) is 259 cm³/mol. The Bertz CT molecular complexity index is 2340. The number of rotatable bonds is 14. The molecule has 2 unspecified atom stereocenters. The number of thioether (sulfide) groups is 1. The number of ether oxygens (including phenoxy) is 6. The van der Waals surface area contributed by atoms with Gasteiger partial charge in [-0.1, -0.05) is 42.3 Å².